The van der Waals surface area contributed by atoms with Gasteiger partial charge in [0.05, 0.1) is 5.41 Å². The summed E-state index contributed by atoms with van der Waals surface area (Å²) in [5.74, 6) is -0.450. The standard InChI is InChI=1S/C13H18N2O4S/c1-13(12(17)14-2)7-8-15(9-13)20(18,19)11-6-4-3-5-10(11)16/h3-6,16H,7-9H2,1-2H3,(H,14,17). The number of para-hydroxylation sites is 1. The van der Waals surface area contributed by atoms with Gasteiger partial charge in [0.1, 0.15) is 10.6 Å². The third-order valence-electron chi connectivity index (χ3n) is 3.70. The molecule has 0 aliphatic carbocycles. The number of sulfonamides is 1. The Morgan fingerprint density at radius 2 is 2.05 bits per heavy atom. The van der Waals surface area contributed by atoms with Gasteiger partial charge < -0.3 is 10.4 Å². The molecule has 2 N–H and O–H groups in total. The van der Waals surface area contributed by atoms with Crippen molar-refractivity contribution in [3.63, 3.8) is 0 Å². The minimum Gasteiger partial charge on any atom is -0.507 e. The predicted octanol–water partition coefficient (Wildman–Crippen LogP) is 0.539. The Kier molecular flexibility index (Phi) is 3.75. The van der Waals surface area contributed by atoms with Crippen LogP contribution in [0.15, 0.2) is 29.2 Å². The summed E-state index contributed by atoms with van der Waals surface area (Å²) in [6.45, 7) is 2.12. The number of rotatable bonds is 3. The van der Waals surface area contributed by atoms with Crippen LogP contribution in [0.4, 0.5) is 0 Å². The lowest BCUT2D eigenvalue weighted by atomic mass is 9.89. The molecule has 1 aromatic rings. The summed E-state index contributed by atoms with van der Waals surface area (Å²) in [4.78, 5) is 11.7. The Morgan fingerprint density at radius 3 is 2.65 bits per heavy atom. The van der Waals surface area contributed by atoms with Crippen molar-refractivity contribution in [2.24, 2.45) is 5.41 Å². The first-order chi connectivity index (χ1) is 9.31. The van der Waals surface area contributed by atoms with Crippen LogP contribution in [-0.2, 0) is 14.8 Å². The summed E-state index contributed by atoms with van der Waals surface area (Å²) in [5, 5.41) is 12.3. The Hall–Kier alpha value is -1.60. The van der Waals surface area contributed by atoms with Gasteiger partial charge in [-0.1, -0.05) is 12.1 Å². The van der Waals surface area contributed by atoms with Crippen molar-refractivity contribution in [1.82, 2.24) is 9.62 Å². The largest absolute Gasteiger partial charge is 0.507 e. The molecule has 0 saturated carbocycles. The maximum absolute atomic E-state index is 12.5. The SMILES string of the molecule is CNC(=O)C1(C)CCN(S(=O)(=O)c2ccccc2O)C1. The van der Waals surface area contributed by atoms with Crippen LogP contribution in [0.1, 0.15) is 13.3 Å². The summed E-state index contributed by atoms with van der Waals surface area (Å²) in [7, 11) is -2.24. The lowest BCUT2D eigenvalue weighted by Gasteiger charge is -2.22. The zero-order valence-electron chi connectivity index (χ0n) is 11.5. The molecule has 0 bridgehead atoms. The number of carbonyl (C=O) groups is 1. The first-order valence-corrected chi connectivity index (χ1v) is 7.75. The van der Waals surface area contributed by atoms with Gasteiger partial charge in [-0.15, -0.1) is 0 Å². The third-order valence-corrected chi connectivity index (χ3v) is 5.59. The maximum atomic E-state index is 12.5. The van der Waals surface area contributed by atoms with Gasteiger partial charge in [0.2, 0.25) is 15.9 Å². The number of carbonyl (C=O) groups excluding carboxylic acids is 1. The van der Waals surface area contributed by atoms with Gasteiger partial charge in [-0.2, -0.15) is 4.31 Å². The van der Waals surface area contributed by atoms with Crippen LogP contribution in [0.5, 0.6) is 5.75 Å². The second-order valence-electron chi connectivity index (χ2n) is 5.20. The zero-order valence-corrected chi connectivity index (χ0v) is 12.3. The number of phenolic OH excluding ortho intramolecular Hbond substituents is 1. The molecule has 1 unspecified atom stereocenters. The van der Waals surface area contributed by atoms with E-state index >= 15 is 0 Å². The van der Waals surface area contributed by atoms with Crippen LogP contribution in [0.3, 0.4) is 0 Å². The van der Waals surface area contributed by atoms with E-state index in [0.717, 1.165) is 0 Å². The minimum absolute atomic E-state index is 0.114. The van der Waals surface area contributed by atoms with E-state index in [2.05, 4.69) is 5.32 Å². The van der Waals surface area contributed by atoms with Gasteiger partial charge in [-0.05, 0) is 25.5 Å². The summed E-state index contributed by atoms with van der Waals surface area (Å²) in [6, 6.07) is 5.81. The topological polar surface area (TPSA) is 86.7 Å². The summed E-state index contributed by atoms with van der Waals surface area (Å²) in [6.07, 6.45) is 0.458. The first-order valence-electron chi connectivity index (χ1n) is 6.31. The average molecular weight is 298 g/mol. The smallest absolute Gasteiger partial charge is 0.246 e. The minimum atomic E-state index is -3.78. The van der Waals surface area contributed by atoms with E-state index in [1.807, 2.05) is 0 Å². The molecule has 0 radical (unpaired) electrons. The van der Waals surface area contributed by atoms with Crippen LogP contribution < -0.4 is 5.32 Å². The Bertz CT molecular complexity index is 629. The van der Waals surface area contributed by atoms with Gasteiger partial charge in [0.15, 0.2) is 0 Å². The molecule has 1 heterocycles. The van der Waals surface area contributed by atoms with Gasteiger partial charge in [-0.3, -0.25) is 4.79 Å². The Morgan fingerprint density at radius 1 is 1.40 bits per heavy atom. The molecule has 1 amide bonds. The average Bonchev–Trinajstić information content (AvgIpc) is 2.83. The highest BCUT2D eigenvalue weighted by molar-refractivity contribution is 7.89. The molecule has 0 spiro atoms. The van der Waals surface area contributed by atoms with Crippen LogP contribution in [0.2, 0.25) is 0 Å². The number of hydrogen-bond acceptors (Lipinski definition) is 4. The van der Waals surface area contributed by atoms with Crippen molar-refractivity contribution in [2.45, 2.75) is 18.2 Å². The fraction of sp³-hybridized carbons (Fsp3) is 0.462. The molecule has 20 heavy (non-hydrogen) atoms. The van der Waals surface area contributed by atoms with Crippen molar-refractivity contribution in [3.05, 3.63) is 24.3 Å². The zero-order chi connectivity index (χ0) is 15.0. The van der Waals surface area contributed by atoms with Crippen molar-refractivity contribution in [3.8, 4) is 5.75 Å². The molecule has 1 aliphatic rings. The predicted molar refractivity (Wildman–Crippen MR) is 73.7 cm³/mol. The molecule has 1 aromatic carbocycles. The van der Waals surface area contributed by atoms with E-state index in [1.165, 1.54) is 23.5 Å². The normalized spacial score (nSPS) is 23.7. The van der Waals surface area contributed by atoms with E-state index < -0.39 is 15.4 Å². The number of hydrogen-bond donors (Lipinski definition) is 2. The van der Waals surface area contributed by atoms with Gasteiger partial charge in [-0.25, -0.2) is 8.42 Å². The fourth-order valence-electron chi connectivity index (χ4n) is 2.43. The molecule has 1 aliphatic heterocycles. The molecule has 1 saturated heterocycles. The molecular weight excluding hydrogens is 280 g/mol. The van der Waals surface area contributed by atoms with E-state index in [1.54, 1.807) is 19.1 Å². The monoisotopic (exact) mass is 298 g/mol. The number of nitrogens with zero attached hydrogens (tertiary/aromatic N) is 1. The number of aromatic hydroxyl groups is 1. The lowest BCUT2D eigenvalue weighted by molar-refractivity contribution is -0.128. The highest BCUT2D eigenvalue weighted by Crippen LogP contribution is 2.35. The molecule has 110 valence electrons. The molecule has 7 heteroatoms. The van der Waals surface area contributed by atoms with Crippen LogP contribution in [0, 0.1) is 5.41 Å². The van der Waals surface area contributed by atoms with Crippen LogP contribution in [0.25, 0.3) is 0 Å². The number of amides is 1. The first kappa shape index (κ1) is 14.8. The molecule has 0 aromatic heterocycles. The molecule has 6 nitrogen and oxygen atoms in total. The number of benzene rings is 1. The second-order valence-corrected chi connectivity index (χ2v) is 7.10. The van der Waals surface area contributed by atoms with E-state index in [0.29, 0.717) is 6.42 Å². The third kappa shape index (κ3) is 2.38. The van der Waals surface area contributed by atoms with E-state index in [4.69, 9.17) is 0 Å². The summed E-state index contributed by atoms with van der Waals surface area (Å²) < 4.78 is 26.2. The van der Waals surface area contributed by atoms with Gasteiger partial charge >= 0.3 is 0 Å². The molecular formula is C13H18N2O4S. The van der Waals surface area contributed by atoms with E-state index in [-0.39, 0.29) is 29.6 Å². The van der Waals surface area contributed by atoms with E-state index in [9.17, 15) is 18.3 Å². The Labute approximate surface area is 118 Å². The highest BCUT2D eigenvalue weighted by atomic mass is 32.2. The van der Waals surface area contributed by atoms with Crippen molar-refractivity contribution in [2.75, 3.05) is 20.1 Å². The van der Waals surface area contributed by atoms with Crippen molar-refractivity contribution < 1.29 is 18.3 Å². The van der Waals surface area contributed by atoms with Crippen LogP contribution in [-0.4, -0.2) is 43.9 Å². The molecule has 1 fully saturated rings. The van der Waals surface area contributed by atoms with Gasteiger partial charge in [0.25, 0.3) is 0 Å². The molecule has 2 rings (SSSR count). The number of phenols is 1. The summed E-state index contributed by atoms with van der Waals surface area (Å²) >= 11 is 0. The fourth-order valence-corrected chi connectivity index (χ4v) is 4.07. The van der Waals surface area contributed by atoms with Gasteiger partial charge in [0, 0.05) is 20.1 Å². The van der Waals surface area contributed by atoms with Crippen LogP contribution >= 0.6 is 0 Å². The summed E-state index contributed by atoms with van der Waals surface area (Å²) in [5.41, 5.74) is -0.730. The highest BCUT2D eigenvalue weighted by Gasteiger charge is 2.44. The number of nitrogens with one attached hydrogen (secondary N) is 1. The molecule has 1 atom stereocenters. The lowest BCUT2D eigenvalue weighted by Crippen LogP contribution is -2.40. The Balaban J connectivity index is 2.30. The maximum Gasteiger partial charge on any atom is 0.246 e. The van der Waals surface area contributed by atoms with Crippen molar-refractivity contribution >= 4 is 15.9 Å². The quantitative estimate of drug-likeness (QED) is 0.852. The van der Waals surface area contributed by atoms with Crippen molar-refractivity contribution in [1.29, 1.82) is 0 Å². The second kappa shape index (κ2) is 5.06.